The van der Waals surface area contributed by atoms with E-state index in [1.807, 2.05) is 0 Å². The van der Waals surface area contributed by atoms with E-state index in [2.05, 4.69) is 0 Å². The van der Waals surface area contributed by atoms with Gasteiger partial charge < -0.3 is 0 Å². The van der Waals surface area contributed by atoms with Crippen LogP contribution in [0.2, 0.25) is 0 Å². The van der Waals surface area contributed by atoms with Gasteiger partial charge in [-0.2, -0.15) is 8.42 Å². The summed E-state index contributed by atoms with van der Waals surface area (Å²) in [6, 6.07) is 0.729. The zero-order valence-electron chi connectivity index (χ0n) is 8.62. The maximum absolute atomic E-state index is 10.9. The molecule has 104 valence electrons. The molecule has 1 rings (SSSR count). The summed E-state index contributed by atoms with van der Waals surface area (Å²) in [5.41, 5.74) is -4.55. The number of hydrogen-bond acceptors (Lipinski definition) is 8. The molecule has 14 heteroatoms. The van der Waals surface area contributed by atoms with Crippen molar-refractivity contribution in [3.8, 4) is 0 Å². The van der Waals surface area contributed by atoms with E-state index in [1.54, 1.807) is 0 Å². The number of nitro benzene ring substituents is 3. The zero-order chi connectivity index (χ0) is 15.0. The number of nitrogens with zero attached hydrogens (tertiary/aromatic N) is 3. The molecule has 0 amide bonds. The summed E-state index contributed by atoms with van der Waals surface area (Å²) in [6.07, 6.45) is 0. The first-order valence-corrected chi connectivity index (χ1v) is 5.59. The van der Waals surface area contributed by atoms with Crippen molar-refractivity contribution in [3.63, 3.8) is 0 Å². The average Bonchev–Trinajstić information content (AvgIpc) is 2.25. The summed E-state index contributed by atoms with van der Waals surface area (Å²) in [7, 11) is -5.15. The van der Waals surface area contributed by atoms with Gasteiger partial charge in [0.25, 0.3) is 0 Å². The van der Waals surface area contributed by atoms with Crippen molar-refractivity contribution in [3.05, 3.63) is 42.5 Å². The number of rotatable bonds is 4. The van der Waals surface area contributed by atoms with Crippen molar-refractivity contribution in [1.82, 2.24) is 0 Å². The molecule has 0 aliphatic rings. The Kier molecular flexibility index (Phi) is 5.67. The molecule has 1 aromatic carbocycles. The molecule has 0 fully saturated rings. The molecule has 0 heterocycles. The molecule has 0 unspecified atom stereocenters. The van der Waals surface area contributed by atoms with E-state index in [4.69, 9.17) is 4.55 Å². The predicted molar refractivity (Wildman–Crippen MR) is 63.4 cm³/mol. The SMILES string of the molecule is O=[N+]([O-])c1ccc(S(=O)(=O)O)c([N+](=O)[O-])c1[N+](=O)[O-].[NaH]. The fourth-order valence-electron chi connectivity index (χ4n) is 1.26. The molecular formula is C6H4N3NaO9S. The fraction of sp³-hybridized carbons (Fsp3) is 0. The van der Waals surface area contributed by atoms with Gasteiger partial charge in [-0.25, -0.2) is 0 Å². The minimum absolute atomic E-state index is 0. The number of nitro groups is 3. The third-order valence-electron chi connectivity index (χ3n) is 1.93. The van der Waals surface area contributed by atoms with Crippen molar-refractivity contribution < 1.29 is 27.7 Å². The van der Waals surface area contributed by atoms with Crippen LogP contribution < -0.4 is 0 Å². The van der Waals surface area contributed by atoms with Crippen molar-refractivity contribution >= 4 is 56.7 Å². The summed E-state index contributed by atoms with van der Waals surface area (Å²) in [5.74, 6) is 0. The summed E-state index contributed by atoms with van der Waals surface area (Å²) >= 11 is 0. The Labute approximate surface area is 131 Å². The summed E-state index contributed by atoms with van der Waals surface area (Å²) in [4.78, 5) is 26.2. The van der Waals surface area contributed by atoms with Gasteiger partial charge in [0.05, 0.1) is 14.8 Å². The minimum atomic E-state index is -5.15. The Bertz CT molecular complexity index is 700. The van der Waals surface area contributed by atoms with Gasteiger partial charge in [0.15, 0.2) is 4.90 Å². The van der Waals surface area contributed by atoms with Crippen molar-refractivity contribution in [2.24, 2.45) is 0 Å². The van der Waals surface area contributed by atoms with Gasteiger partial charge in [-0.3, -0.25) is 34.9 Å². The van der Waals surface area contributed by atoms with Crippen LogP contribution in [-0.4, -0.2) is 57.3 Å². The fourth-order valence-corrected chi connectivity index (χ4v) is 1.92. The summed E-state index contributed by atoms with van der Waals surface area (Å²) in [5, 5.41) is 31.9. The van der Waals surface area contributed by atoms with Crippen LogP contribution in [0.3, 0.4) is 0 Å². The second-order valence-corrected chi connectivity index (χ2v) is 4.42. The number of benzene rings is 1. The summed E-state index contributed by atoms with van der Waals surface area (Å²) in [6.45, 7) is 0. The van der Waals surface area contributed by atoms with Gasteiger partial charge in [0.1, 0.15) is 0 Å². The van der Waals surface area contributed by atoms with Gasteiger partial charge in [-0.05, 0) is 6.07 Å². The van der Waals surface area contributed by atoms with E-state index in [-0.39, 0.29) is 29.6 Å². The molecule has 0 radical (unpaired) electrons. The first-order chi connectivity index (χ1) is 8.57. The van der Waals surface area contributed by atoms with E-state index in [9.17, 15) is 38.8 Å². The van der Waals surface area contributed by atoms with E-state index >= 15 is 0 Å². The van der Waals surface area contributed by atoms with E-state index in [0.717, 1.165) is 0 Å². The number of hydrogen-bond donors (Lipinski definition) is 1. The Balaban J connectivity index is 0.00000361. The Morgan fingerprint density at radius 2 is 1.35 bits per heavy atom. The van der Waals surface area contributed by atoms with Crippen LogP contribution >= 0.6 is 0 Å². The van der Waals surface area contributed by atoms with Crippen LogP contribution in [0, 0.1) is 30.3 Å². The summed E-state index contributed by atoms with van der Waals surface area (Å²) < 4.78 is 30.5. The Morgan fingerprint density at radius 1 is 0.900 bits per heavy atom. The van der Waals surface area contributed by atoms with Gasteiger partial charge in [-0.1, -0.05) is 0 Å². The van der Waals surface area contributed by atoms with Crippen LogP contribution in [0.15, 0.2) is 17.0 Å². The van der Waals surface area contributed by atoms with Crippen molar-refractivity contribution in [2.45, 2.75) is 4.90 Å². The quantitative estimate of drug-likeness (QED) is 0.345. The van der Waals surface area contributed by atoms with Crippen LogP contribution in [0.5, 0.6) is 0 Å². The molecule has 0 spiro atoms. The Morgan fingerprint density at radius 3 is 1.65 bits per heavy atom. The van der Waals surface area contributed by atoms with Gasteiger partial charge in [0.2, 0.25) is 0 Å². The zero-order valence-corrected chi connectivity index (χ0v) is 9.43. The van der Waals surface area contributed by atoms with Crippen molar-refractivity contribution in [1.29, 1.82) is 0 Å². The van der Waals surface area contributed by atoms with Gasteiger partial charge in [-0.15, -0.1) is 0 Å². The third-order valence-corrected chi connectivity index (χ3v) is 2.82. The van der Waals surface area contributed by atoms with Crippen LogP contribution in [0.4, 0.5) is 17.1 Å². The van der Waals surface area contributed by atoms with Crippen molar-refractivity contribution in [2.75, 3.05) is 0 Å². The molecule has 1 N–H and O–H groups in total. The molecule has 0 saturated heterocycles. The van der Waals surface area contributed by atoms with E-state index in [1.165, 1.54) is 0 Å². The molecule has 0 bridgehead atoms. The predicted octanol–water partition coefficient (Wildman–Crippen LogP) is 0.00940. The second kappa shape index (κ2) is 6.19. The molecule has 12 nitrogen and oxygen atoms in total. The monoisotopic (exact) mass is 317 g/mol. The van der Waals surface area contributed by atoms with Gasteiger partial charge in [0, 0.05) is 6.07 Å². The average molecular weight is 317 g/mol. The molecule has 0 saturated carbocycles. The first kappa shape index (κ1) is 18.3. The van der Waals surface area contributed by atoms with Crippen LogP contribution in [-0.2, 0) is 10.1 Å². The first-order valence-electron chi connectivity index (χ1n) is 4.15. The molecule has 0 aliphatic heterocycles. The molecular weight excluding hydrogens is 313 g/mol. The molecule has 0 aliphatic carbocycles. The molecule has 20 heavy (non-hydrogen) atoms. The van der Waals surface area contributed by atoms with E-state index in [0.29, 0.717) is 12.1 Å². The Hall–Kier alpha value is -1.67. The topological polar surface area (TPSA) is 184 Å². The van der Waals surface area contributed by atoms with E-state index < -0.39 is 46.8 Å². The normalized spacial score (nSPS) is 10.4. The van der Waals surface area contributed by atoms with Gasteiger partial charge >= 0.3 is 56.7 Å². The molecule has 0 aromatic heterocycles. The van der Waals surface area contributed by atoms with Crippen LogP contribution in [0.1, 0.15) is 0 Å². The molecule has 0 atom stereocenters. The second-order valence-electron chi connectivity index (χ2n) is 3.03. The molecule has 1 aromatic rings. The maximum atomic E-state index is 10.9. The third kappa shape index (κ3) is 3.45. The van der Waals surface area contributed by atoms with Crippen LogP contribution in [0.25, 0.3) is 0 Å². The standard InChI is InChI=1S/C6H3N3O9S.Na.H/c10-7(11)3-1-2-4(19(16,17)18)6(9(14)15)5(3)8(12)13;;/h1-2H,(H,16,17,18);;.